The summed E-state index contributed by atoms with van der Waals surface area (Å²) >= 11 is 0. The third-order valence-corrected chi connectivity index (χ3v) is 3.06. The van der Waals surface area contributed by atoms with Gasteiger partial charge in [0.2, 0.25) is 0 Å². The van der Waals surface area contributed by atoms with Crippen LogP contribution in [-0.2, 0) is 9.59 Å². The zero-order chi connectivity index (χ0) is 11.8. The van der Waals surface area contributed by atoms with E-state index in [0.29, 0.717) is 11.3 Å². The Balaban J connectivity index is 2.29. The second kappa shape index (κ2) is 3.63. The van der Waals surface area contributed by atoms with E-state index in [1.165, 1.54) is 6.26 Å². The topological polar surface area (TPSA) is 67.5 Å². The zero-order valence-corrected chi connectivity index (χ0v) is 8.90. The first-order valence-electron chi connectivity index (χ1n) is 5.02. The molecule has 1 N–H and O–H groups in total. The summed E-state index contributed by atoms with van der Waals surface area (Å²) < 4.78 is 5.12. The molecule has 1 aliphatic carbocycles. The van der Waals surface area contributed by atoms with Crippen molar-refractivity contribution in [2.24, 2.45) is 5.41 Å². The molecule has 0 amide bonds. The molecule has 1 saturated carbocycles. The predicted molar refractivity (Wildman–Crippen MR) is 56.7 cm³/mol. The highest BCUT2D eigenvalue weighted by molar-refractivity contribution is 6.00. The maximum Gasteiger partial charge on any atom is 0.314 e. The molecule has 0 radical (unpaired) electrons. The molecule has 0 saturated heterocycles. The van der Waals surface area contributed by atoms with Crippen molar-refractivity contribution in [1.82, 2.24) is 0 Å². The summed E-state index contributed by atoms with van der Waals surface area (Å²) in [6, 6.07) is 3.48. The molecule has 1 aliphatic rings. The quantitative estimate of drug-likeness (QED) is 0.847. The molecule has 1 fully saturated rings. The third kappa shape index (κ3) is 1.56. The summed E-state index contributed by atoms with van der Waals surface area (Å²) in [5.74, 6) is -0.334. The Kier molecular flexibility index (Phi) is 2.42. The van der Waals surface area contributed by atoms with Crippen LogP contribution in [0.5, 0.6) is 0 Å². The molecule has 16 heavy (non-hydrogen) atoms. The van der Waals surface area contributed by atoms with E-state index in [4.69, 9.17) is 4.42 Å². The number of carboxylic acids is 1. The van der Waals surface area contributed by atoms with Gasteiger partial charge < -0.3 is 9.52 Å². The number of Topliss-reactive ketones (excluding diaryl/α,β-unsaturated/α-hetero) is 1. The van der Waals surface area contributed by atoms with Crippen LogP contribution < -0.4 is 0 Å². The lowest BCUT2D eigenvalue weighted by molar-refractivity contribution is -0.157. The second-order valence-electron chi connectivity index (χ2n) is 4.12. The Hall–Kier alpha value is -1.84. The van der Waals surface area contributed by atoms with E-state index in [2.05, 4.69) is 0 Å². The standard InChI is InChI=1S/C12H12O4/c1-8(5-10-3-2-4-16-10)12(11(14)15)6-9(13)7-12/h2-5H,6-7H2,1H3,(H,14,15)/b8-5+. The van der Waals surface area contributed by atoms with Crippen LogP contribution in [0.15, 0.2) is 28.4 Å². The van der Waals surface area contributed by atoms with Gasteiger partial charge in [-0.3, -0.25) is 9.59 Å². The number of carbonyl (C=O) groups is 2. The molecule has 0 bridgehead atoms. The maximum absolute atomic E-state index is 11.2. The van der Waals surface area contributed by atoms with E-state index in [9.17, 15) is 14.7 Å². The highest BCUT2D eigenvalue weighted by atomic mass is 16.4. The second-order valence-corrected chi connectivity index (χ2v) is 4.12. The van der Waals surface area contributed by atoms with E-state index in [0.717, 1.165) is 0 Å². The van der Waals surface area contributed by atoms with Crippen molar-refractivity contribution < 1.29 is 19.1 Å². The Morgan fingerprint density at radius 2 is 2.25 bits per heavy atom. The Morgan fingerprint density at radius 3 is 2.69 bits per heavy atom. The van der Waals surface area contributed by atoms with Crippen LogP contribution >= 0.6 is 0 Å². The van der Waals surface area contributed by atoms with Gasteiger partial charge >= 0.3 is 5.97 Å². The fraction of sp³-hybridized carbons (Fsp3) is 0.333. The summed E-state index contributed by atoms with van der Waals surface area (Å²) in [4.78, 5) is 22.2. The van der Waals surface area contributed by atoms with Crippen LogP contribution in [-0.4, -0.2) is 16.9 Å². The summed E-state index contributed by atoms with van der Waals surface area (Å²) in [5.41, 5.74) is -0.348. The average molecular weight is 220 g/mol. The first kappa shape index (κ1) is 10.7. The third-order valence-electron chi connectivity index (χ3n) is 3.06. The lowest BCUT2D eigenvalue weighted by Gasteiger charge is -2.37. The molecule has 1 aromatic rings. The van der Waals surface area contributed by atoms with Crippen molar-refractivity contribution in [3.8, 4) is 0 Å². The number of ketones is 1. The van der Waals surface area contributed by atoms with Gasteiger partial charge in [0.1, 0.15) is 17.0 Å². The molecular formula is C12H12O4. The maximum atomic E-state index is 11.2. The van der Waals surface area contributed by atoms with Crippen LogP contribution in [0.1, 0.15) is 25.5 Å². The van der Waals surface area contributed by atoms with E-state index in [1.807, 2.05) is 0 Å². The normalized spacial score (nSPS) is 19.3. The Bertz CT molecular complexity index is 445. The van der Waals surface area contributed by atoms with E-state index >= 15 is 0 Å². The van der Waals surface area contributed by atoms with Gasteiger partial charge in [0.05, 0.1) is 6.26 Å². The Morgan fingerprint density at radius 1 is 1.56 bits per heavy atom. The molecular weight excluding hydrogens is 208 g/mol. The van der Waals surface area contributed by atoms with Crippen LogP contribution in [0.4, 0.5) is 0 Å². The van der Waals surface area contributed by atoms with Gasteiger partial charge in [0.25, 0.3) is 0 Å². The highest BCUT2D eigenvalue weighted by Crippen LogP contribution is 2.45. The highest BCUT2D eigenvalue weighted by Gasteiger charge is 2.51. The van der Waals surface area contributed by atoms with Gasteiger partial charge in [-0.2, -0.15) is 0 Å². The Labute approximate surface area is 92.6 Å². The molecule has 1 heterocycles. The van der Waals surface area contributed by atoms with Crippen molar-refractivity contribution in [3.05, 3.63) is 29.7 Å². The molecule has 84 valence electrons. The summed E-state index contributed by atoms with van der Waals surface area (Å²) in [7, 11) is 0. The van der Waals surface area contributed by atoms with Gasteiger partial charge in [0, 0.05) is 12.8 Å². The average Bonchev–Trinajstić information content (AvgIpc) is 2.64. The zero-order valence-electron chi connectivity index (χ0n) is 8.90. The van der Waals surface area contributed by atoms with Gasteiger partial charge in [-0.1, -0.05) is 5.57 Å². The van der Waals surface area contributed by atoms with E-state index < -0.39 is 11.4 Å². The number of hydrogen-bond acceptors (Lipinski definition) is 3. The van der Waals surface area contributed by atoms with Gasteiger partial charge in [0.15, 0.2) is 0 Å². The molecule has 1 aromatic heterocycles. The number of carboxylic acid groups (broad SMARTS) is 1. The minimum absolute atomic E-state index is 0.00500. The molecule has 2 rings (SSSR count). The number of aliphatic carboxylic acids is 1. The first-order chi connectivity index (χ1) is 7.54. The van der Waals surface area contributed by atoms with Crippen LogP contribution in [0.25, 0.3) is 6.08 Å². The minimum Gasteiger partial charge on any atom is -0.481 e. The fourth-order valence-electron chi connectivity index (χ4n) is 1.95. The molecule has 0 atom stereocenters. The number of furan rings is 1. The summed E-state index contributed by atoms with van der Waals surface area (Å²) in [6.07, 6.45) is 3.38. The lowest BCUT2D eigenvalue weighted by Crippen LogP contribution is -2.45. The van der Waals surface area contributed by atoms with Crippen molar-refractivity contribution in [3.63, 3.8) is 0 Å². The minimum atomic E-state index is -1.01. The summed E-state index contributed by atoms with van der Waals surface area (Å²) in [6.45, 7) is 1.73. The largest absolute Gasteiger partial charge is 0.481 e. The molecule has 0 aromatic carbocycles. The van der Waals surface area contributed by atoms with Crippen molar-refractivity contribution >= 4 is 17.8 Å². The van der Waals surface area contributed by atoms with Gasteiger partial charge in [-0.15, -0.1) is 0 Å². The molecule has 0 unspecified atom stereocenters. The predicted octanol–water partition coefficient (Wildman–Crippen LogP) is 2.12. The van der Waals surface area contributed by atoms with E-state index in [1.54, 1.807) is 25.1 Å². The first-order valence-corrected chi connectivity index (χ1v) is 5.02. The van der Waals surface area contributed by atoms with Crippen molar-refractivity contribution in [2.45, 2.75) is 19.8 Å². The van der Waals surface area contributed by atoms with Crippen molar-refractivity contribution in [2.75, 3.05) is 0 Å². The number of carbonyl (C=O) groups excluding carboxylic acids is 1. The summed E-state index contributed by atoms with van der Waals surface area (Å²) in [5, 5.41) is 9.18. The van der Waals surface area contributed by atoms with E-state index in [-0.39, 0.29) is 18.6 Å². The van der Waals surface area contributed by atoms with Gasteiger partial charge in [-0.25, -0.2) is 0 Å². The van der Waals surface area contributed by atoms with Crippen LogP contribution in [0.2, 0.25) is 0 Å². The monoisotopic (exact) mass is 220 g/mol. The molecule has 0 spiro atoms. The smallest absolute Gasteiger partial charge is 0.314 e. The molecule has 0 aliphatic heterocycles. The van der Waals surface area contributed by atoms with Crippen molar-refractivity contribution in [1.29, 1.82) is 0 Å². The SMILES string of the molecule is C/C(=C\c1ccco1)C1(C(=O)O)CC(=O)C1. The number of hydrogen-bond donors (Lipinski definition) is 1. The van der Waals surface area contributed by atoms with Crippen LogP contribution in [0.3, 0.4) is 0 Å². The lowest BCUT2D eigenvalue weighted by atomic mass is 9.63. The fourth-order valence-corrected chi connectivity index (χ4v) is 1.95. The number of rotatable bonds is 3. The molecule has 4 nitrogen and oxygen atoms in total. The van der Waals surface area contributed by atoms with Gasteiger partial charge in [-0.05, 0) is 25.1 Å². The molecule has 4 heteroatoms. The van der Waals surface area contributed by atoms with Crippen LogP contribution in [0, 0.1) is 5.41 Å².